The number of aromatic nitrogens is 2. The average Bonchev–Trinajstić information content (AvgIpc) is 2.97. The molecule has 6 heteroatoms. The van der Waals surface area contributed by atoms with Crippen LogP contribution in [0.2, 0.25) is 0 Å². The van der Waals surface area contributed by atoms with Crippen LogP contribution in [0, 0.1) is 5.82 Å². The molecule has 0 aliphatic carbocycles. The second-order valence-electron chi connectivity index (χ2n) is 6.57. The molecule has 132 valence electrons. The Labute approximate surface area is 149 Å². The highest BCUT2D eigenvalue weighted by atomic mass is 35.5. The Morgan fingerprint density at radius 3 is 2.67 bits per heavy atom. The van der Waals surface area contributed by atoms with Crippen LogP contribution >= 0.6 is 12.4 Å². The first-order valence-corrected chi connectivity index (χ1v) is 8.37. The maximum Gasteiger partial charge on any atom is 0.123 e. The first-order valence-electron chi connectivity index (χ1n) is 8.37. The van der Waals surface area contributed by atoms with E-state index in [0.717, 1.165) is 18.7 Å². The zero-order valence-corrected chi connectivity index (χ0v) is 14.9. The summed E-state index contributed by atoms with van der Waals surface area (Å²) in [5.41, 5.74) is 8.39. The van der Waals surface area contributed by atoms with Crippen molar-refractivity contribution in [3.63, 3.8) is 0 Å². The lowest BCUT2D eigenvalue weighted by Gasteiger charge is -2.37. The van der Waals surface area contributed by atoms with Gasteiger partial charge in [0.25, 0.3) is 0 Å². The molecule has 2 unspecified atom stereocenters. The molecule has 2 N–H and O–H groups in total. The van der Waals surface area contributed by atoms with Crippen molar-refractivity contribution in [1.82, 2.24) is 14.7 Å². The topological polar surface area (TPSA) is 47.1 Å². The summed E-state index contributed by atoms with van der Waals surface area (Å²) in [5, 5.41) is 4.43. The van der Waals surface area contributed by atoms with Gasteiger partial charge in [-0.1, -0.05) is 18.6 Å². The zero-order chi connectivity index (χ0) is 16.2. The van der Waals surface area contributed by atoms with Gasteiger partial charge in [-0.3, -0.25) is 9.58 Å². The van der Waals surface area contributed by atoms with Crippen LogP contribution in [0.4, 0.5) is 4.39 Å². The molecule has 1 fully saturated rings. The van der Waals surface area contributed by atoms with Crippen molar-refractivity contribution in [3.05, 3.63) is 53.6 Å². The summed E-state index contributed by atoms with van der Waals surface area (Å²) in [4.78, 5) is 2.48. The van der Waals surface area contributed by atoms with Gasteiger partial charge in [0.05, 0.1) is 12.7 Å². The van der Waals surface area contributed by atoms with Crippen molar-refractivity contribution in [2.75, 3.05) is 6.54 Å². The fraction of sp³-hybridized carbons (Fsp3) is 0.500. The summed E-state index contributed by atoms with van der Waals surface area (Å²) in [6, 6.07) is 7.23. The highest BCUT2D eigenvalue weighted by Gasteiger charge is 2.25. The first kappa shape index (κ1) is 18.9. The number of hydrogen-bond acceptors (Lipinski definition) is 3. The number of piperidine rings is 1. The predicted molar refractivity (Wildman–Crippen MR) is 96.7 cm³/mol. The van der Waals surface area contributed by atoms with E-state index in [2.05, 4.69) is 23.1 Å². The van der Waals surface area contributed by atoms with E-state index < -0.39 is 0 Å². The quantitative estimate of drug-likeness (QED) is 0.898. The molecule has 0 saturated carbocycles. The minimum absolute atomic E-state index is 0. The lowest BCUT2D eigenvalue weighted by molar-refractivity contribution is 0.123. The van der Waals surface area contributed by atoms with Gasteiger partial charge >= 0.3 is 0 Å². The average molecular weight is 353 g/mol. The molecular formula is C18H26ClFN4. The van der Waals surface area contributed by atoms with Gasteiger partial charge in [0.15, 0.2) is 0 Å². The van der Waals surface area contributed by atoms with Crippen molar-refractivity contribution < 1.29 is 4.39 Å². The molecule has 2 heterocycles. The molecule has 2 aromatic rings. The van der Waals surface area contributed by atoms with E-state index >= 15 is 0 Å². The van der Waals surface area contributed by atoms with E-state index in [9.17, 15) is 4.39 Å². The molecule has 3 rings (SSSR count). The third-order valence-electron chi connectivity index (χ3n) is 4.60. The van der Waals surface area contributed by atoms with Crippen molar-refractivity contribution in [2.45, 2.75) is 51.4 Å². The largest absolute Gasteiger partial charge is 0.327 e. The van der Waals surface area contributed by atoms with Gasteiger partial charge in [-0.15, -0.1) is 12.4 Å². The minimum Gasteiger partial charge on any atom is -0.327 e. The van der Waals surface area contributed by atoms with Gasteiger partial charge in [0.2, 0.25) is 0 Å². The Bertz CT molecular complexity index is 626. The Morgan fingerprint density at radius 2 is 1.96 bits per heavy atom. The van der Waals surface area contributed by atoms with Gasteiger partial charge in [-0.05, 0) is 44.0 Å². The van der Waals surface area contributed by atoms with E-state index in [1.165, 1.54) is 37.0 Å². The Balaban J connectivity index is 0.00000208. The molecular weight excluding hydrogens is 327 g/mol. The number of nitrogens with two attached hydrogens (primary N) is 1. The number of rotatable bonds is 5. The van der Waals surface area contributed by atoms with Crippen molar-refractivity contribution in [1.29, 1.82) is 0 Å². The summed E-state index contributed by atoms with van der Waals surface area (Å²) in [6.45, 7) is 4.77. The van der Waals surface area contributed by atoms with Crippen LogP contribution in [-0.4, -0.2) is 33.3 Å². The van der Waals surface area contributed by atoms with E-state index in [1.54, 1.807) is 12.1 Å². The second kappa shape index (κ2) is 8.60. The van der Waals surface area contributed by atoms with Crippen molar-refractivity contribution in [3.8, 4) is 0 Å². The third-order valence-corrected chi connectivity index (χ3v) is 4.60. The molecule has 1 aliphatic heterocycles. The van der Waals surface area contributed by atoms with Crippen molar-refractivity contribution >= 4 is 12.4 Å². The standard InChI is InChI=1S/C18H25FN4.ClH/c1-14(20)18-4-2-3-9-22(18)11-16-10-21-23(13-16)12-15-5-7-17(19)8-6-15;/h5-8,10,13-14,18H,2-4,9,11-12,20H2,1H3;1H. The van der Waals surface area contributed by atoms with E-state index in [0.29, 0.717) is 12.6 Å². The number of nitrogens with zero attached hydrogens (tertiary/aromatic N) is 3. The number of benzene rings is 1. The summed E-state index contributed by atoms with van der Waals surface area (Å²) in [7, 11) is 0. The number of halogens is 2. The minimum atomic E-state index is -0.207. The number of likely N-dealkylation sites (tertiary alicyclic amines) is 1. The molecule has 1 saturated heterocycles. The maximum absolute atomic E-state index is 13.0. The van der Waals surface area contributed by atoms with Crippen LogP contribution in [-0.2, 0) is 13.1 Å². The van der Waals surface area contributed by atoms with Gasteiger partial charge in [0, 0.05) is 30.4 Å². The monoisotopic (exact) mass is 352 g/mol. The van der Waals surface area contributed by atoms with E-state index in [-0.39, 0.29) is 24.3 Å². The van der Waals surface area contributed by atoms with Gasteiger partial charge in [-0.25, -0.2) is 4.39 Å². The zero-order valence-electron chi connectivity index (χ0n) is 14.1. The second-order valence-corrected chi connectivity index (χ2v) is 6.57. The van der Waals surface area contributed by atoms with Gasteiger partial charge in [-0.2, -0.15) is 5.10 Å². The van der Waals surface area contributed by atoms with E-state index in [4.69, 9.17) is 5.73 Å². The predicted octanol–water partition coefficient (Wildman–Crippen LogP) is 3.19. The van der Waals surface area contributed by atoms with Gasteiger partial charge in [0.1, 0.15) is 5.82 Å². The Kier molecular flexibility index (Phi) is 6.78. The van der Waals surface area contributed by atoms with Crippen LogP contribution in [0.25, 0.3) is 0 Å². The van der Waals surface area contributed by atoms with Crippen LogP contribution < -0.4 is 5.73 Å². The highest BCUT2D eigenvalue weighted by Crippen LogP contribution is 2.21. The molecule has 2 atom stereocenters. The lowest BCUT2D eigenvalue weighted by Crippen LogP contribution is -2.48. The molecule has 4 nitrogen and oxygen atoms in total. The molecule has 1 aromatic heterocycles. The SMILES string of the molecule is CC(N)C1CCCCN1Cc1cnn(Cc2ccc(F)cc2)c1.Cl. The molecule has 1 aliphatic rings. The molecule has 24 heavy (non-hydrogen) atoms. The number of hydrogen-bond donors (Lipinski definition) is 1. The third kappa shape index (κ3) is 4.79. The van der Waals surface area contributed by atoms with Crippen LogP contribution in [0.15, 0.2) is 36.7 Å². The molecule has 0 bridgehead atoms. The van der Waals surface area contributed by atoms with Crippen LogP contribution in [0.1, 0.15) is 37.3 Å². The van der Waals surface area contributed by atoms with Crippen molar-refractivity contribution in [2.24, 2.45) is 5.73 Å². The smallest absolute Gasteiger partial charge is 0.123 e. The fourth-order valence-corrected chi connectivity index (χ4v) is 3.39. The molecule has 1 aromatic carbocycles. The normalized spacial score (nSPS) is 19.7. The molecule has 0 spiro atoms. The Hall–Kier alpha value is -1.43. The summed E-state index contributed by atoms with van der Waals surface area (Å²) >= 11 is 0. The lowest BCUT2D eigenvalue weighted by atomic mass is 9.96. The van der Waals surface area contributed by atoms with Gasteiger partial charge < -0.3 is 5.73 Å². The molecule has 0 radical (unpaired) electrons. The fourth-order valence-electron chi connectivity index (χ4n) is 3.39. The van der Waals surface area contributed by atoms with Crippen LogP contribution in [0.3, 0.4) is 0 Å². The maximum atomic E-state index is 13.0. The summed E-state index contributed by atoms with van der Waals surface area (Å²) in [5.74, 6) is -0.207. The van der Waals surface area contributed by atoms with E-state index in [1.807, 2.05) is 10.9 Å². The Morgan fingerprint density at radius 1 is 1.21 bits per heavy atom. The molecule has 0 amide bonds. The first-order chi connectivity index (χ1) is 11.1. The van der Waals surface area contributed by atoms with Crippen LogP contribution in [0.5, 0.6) is 0 Å². The summed E-state index contributed by atoms with van der Waals surface area (Å²) < 4.78 is 14.9. The highest BCUT2D eigenvalue weighted by molar-refractivity contribution is 5.85. The summed E-state index contributed by atoms with van der Waals surface area (Å²) in [6.07, 6.45) is 7.70.